The molecule has 1 N–H and O–H groups in total. The first-order valence-electron chi connectivity index (χ1n) is 6.67. The number of aliphatic imine (C=N–C) groups is 1. The third kappa shape index (κ3) is 1.50. The Balaban J connectivity index is 2.02. The molecule has 0 aliphatic carbocycles. The molecule has 0 spiro atoms. The lowest BCUT2D eigenvalue weighted by atomic mass is 10.0. The van der Waals surface area contributed by atoms with E-state index in [0.29, 0.717) is 22.5 Å². The van der Waals surface area contributed by atoms with E-state index in [2.05, 4.69) is 4.99 Å². The van der Waals surface area contributed by atoms with Gasteiger partial charge in [0, 0.05) is 18.0 Å². The van der Waals surface area contributed by atoms with Crippen molar-refractivity contribution in [2.75, 3.05) is 0 Å². The van der Waals surface area contributed by atoms with Gasteiger partial charge in [0.2, 0.25) is 11.7 Å². The van der Waals surface area contributed by atoms with E-state index < -0.39 is 0 Å². The highest BCUT2D eigenvalue weighted by molar-refractivity contribution is 6.56. The Labute approximate surface area is 121 Å². The topological polar surface area (TPSA) is 54.6 Å². The first-order chi connectivity index (χ1) is 10.2. The molecule has 0 bridgehead atoms. The summed E-state index contributed by atoms with van der Waals surface area (Å²) in [5.74, 6) is -0.0756. The van der Waals surface area contributed by atoms with E-state index in [1.807, 2.05) is 42.5 Å². The summed E-state index contributed by atoms with van der Waals surface area (Å²) in [7, 11) is 1.77. The van der Waals surface area contributed by atoms with Gasteiger partial charge in [0.1, 0.15) is 5.71 Å². The number of carbonyl (C=O) groups is 1. The number of para-hydroxylation sites is 2. The molecule has 0 saturated carbocycles. The molecular weight excluding hydrogens is 264 g/mol. The van der Waals surface area contributed by atoms with Crippen LogP contribution in [0.1, 0.15) is 15.9 Å². The number of rotatable bonds is 1. The molecule has 21 heavy (non-hydrogen) atoms. The molecule has 1 aromatic heterocycles. The predicted molar refractivity (Wildman–Crippen MR) is 81.6 cm³/mol. The van der Waals surface area contributed by atoms with Gasteiger partial charge in [0.15, 0.2) is 0 Å². The number of aryl methyl sites for hydroxylation is 1. The third-order valence-corrected chi connectivity index (χ3v) is 3.91. The third-order valence-electron chi connectivity index (χ3n) is 3.91. The smallest absolute Gasteiger partial charge is 0.214 e. The number of aromatic hydroxyl groups is 1. The van der Waals surface area contributed by atoms with Gasteiger partial charge in [-0.05, 0) is 18.2 Å². The van der Waals surface area contributed by atoms with Gasteiger partial charge in [-0.3, -0.25) is 4.79 Å². The number of benzene rings is 2. The van der Waals surface area contributed by atoms with E-state index in [1.54, 1.807) is 17.7 Å². The van der Waals surface area contributed by atoms with Gasteiger partial charge in [-0.15, -0.1) is 0 Å². The van der Waals surface area contributed by atoms with Gasteiger partial charge >= 0.3 is 0 Å². The standard InChI is InChI=1S/C17H12N2O2/c1-19-13-9-5-3-7-11(13)14(17(19)21)15-16(20)10-6-2-4-8-12(10)18-15/h2-9,21H,1H3. The molecule has 2 heterocycles. The van der Waals surface area contributed by atoms with Crippen LogP contribution in [0.15, 0.2) is 53.5 Å². The van der Waals surface area contributed by atoms with Gasteiger partial charge in [-0.25, -0.2) is 4.99 Å². The van der Waals surface area contributed by atoms with Crippen LogP contribution in [0.4, 0.5) is 5.69 Å². The highest BCUT2D eigenvalue weighted by Gasteiger charge is 2.30. The van der Waals surface area contributed by atoms with E-state index in [4.69, 9.17) is 0 Å². The fourth-order valence-electron chi connectivity index (χ4n) is 2.84. The van der Waals surface area contributed by atoms with Crippen LogP contribution in [0, 0.1) is 0 Å². The molecule has 0 saturated heterocycles. The lowest BCUT2D eigenvalue weighted by Crippen LogP contribution is -2.11. The van der Waals surface area contributed by atoms with Crippen molar-refractivity contribution in [2.45, 2.75) is 0 Å². The second kappa shape index (κ2) is 4.06. The molecule has 0 unspecified atom stereocenters. The van der Waals surface area contributed by atoms with E-state index >= 15 is 0 Å². The molecule has 1 aliphatic rings. The average molecular weight is 276 g/mol. The van der Waals surface area contributed by atoms with Crippen LogP contribution < -0.4 is 0 Å². The second-order valence-corrected chi connectivity index (χ2v) is 5.08. The number of nitrogens with zero attached hydrogens (tertiary/aromatic N) is 2. The van der Waals surface area contributed by atoms with Crippen LogP contribution in [0.25, 0.3) is 10.9 Å². The monoisotopic (exact) mass is 276 g/mol. The number of hydrogen-bond acceptors (Lipinski definition) is 3. The van der Waals surface area contributed by atoms with E-state index in [9.17, 15) is 9.90 Å². The van der Waals surface area contributed by atoms with Gasteiger partial charge in [-0.1, -0.05) is 30.3 Å². The maximum absolute atomic E-state index is 12.6. The molecule has 4 rings (SSSR count). The van der Waals surface area contributed by atoms with Crippen molar-refractivity contribution in [3.63, 3.8) is 0 Å². The predicted octanol–water partition coefficient (Wildman–Crippen LogP) is 3.20. The molecule has 3 aromatic rings. The molecule has 4 heteroatoms. The minimum absolute atomic E-state index is 0.0658. The van der Waals surface area contributed by atoms with Crippen molar-refractivity contribution in [3.8, 4) is 5.88 Å². The highest BCUT2D eigenvalue weighted by Crippen LogP contribution is 2.36. The summed E-state index contributed by atoms with van der Waals surface area (Å²) in [5, 5.41) is 11.2. The zero-order chi connectivity index (χ0) is 14.6. The van der Waals surface area contributed by atoms with Crippen molar-refractivity contribution < 1.29 is 9.90 Å². The number of ketones is 1. The van der Waals surface area contributed by atoms with Crippen LogP contribution in [0.5, 0.6) is 5.88 Å². The second-order valence-electron chi connectivity index (χ2n) is 5.08. The minimum atomic E-state index is -0.141. The molecule has 102 valence electrons. The summed E-state index contributed by atoms with van der Waals surface area (Å²) in [6.45, 7) is 0. The molecule has 0 fully saturated rings. The molecular formula is C17H12N2O2. The molecule has 1 aliphatic heterocycles. The molecule has 0 atom stereocenters. The van der Waals surface area contributed by atoms with Crippen molar-refractivity contribution in [2.24, 2.45) is 12.0 Å². The molecule has 2 aromatic carbocycles. The molecule has 4 nitrogen and oxygen atoms in total. The van der Waals surface area contributed by atoms with Crippen LogP contribution in [-0.4, -0.2) is 21.2 Å². The van der Waals surface area contributed by atoms with Gasteiger partial charge in [0.25, 0.3) is 0 Å². The Hall–Kier alpha value is -2.88. The Kier molecular flexibility index (Phi) is 2.30. The lowest BCUT2D eigenvalue weighted by molar-refractivity contribution is 0.107. The first-order valence-corrected chi connectivity index (χ1v) is 6.67. The zero-order valence-electron chi connectivity index (χ0n) is 11.4. The number of aromatic nitrogens is 1. The summed E-state index contributed by atoms with van der Waals surface area (Å²) in [4.78, 5) is 17.0. The number of Topliss-reactive ketones (excluding diaryl/α,β-unsaturated/α-hetero) is 1. The Bertz CT molecular complexity index is 935. The molecule has 0 radical (unpaired) electrons. The maximum Gasteiger partial charge on any atom is 0.214 e. The number of carbonyl (C=O) groups excluding carboxylic acids is 1. The van der Waals surface area contributed by atoms with Crippen LogP contribution in [-0.2, 0) is 7.05 Å². The normalized spacial score (nSPS) is 13.6. The lowest BCUT2D eigenvalue weighted by Gasteiger charge is -1.99. The maximum atomic E-state index is 12.6. The van der Waals surface area contributed by atoms with E-state index in [0.717, 1.165) is 10.9 Å². The van der Waals surface area contributed by atoms with Crippen molar-refractivity contribution >= 4 is 28.1 Å². The average Bonchev–Trinajstić information content (AvgIpc) is 2.96. The number of hydrogen-bond donors (Lipinski definition) is 1. The quantitative estimate of drug-likeness (QED) is 0.742. The van der Waals surface area contributed by atoms with E-state index in [1.165, 1.54) is 0 Å². The SMILES string of the molecule is Cn1c(O)c(C2=Nc3ccccc3C2=O)c2ccccc21. The Morgan fingerprint density at radius 2 is 1.76 bits per heavy atom. The largest absolute Gasteiger partial charge is 0.494 e. The van der Waals surface area contributed by atoms with Crippen molar-refractivity contribution in [1.82, 2.24) is 4.57 Å². The van der Waals surface area contributed by atoms with Gasteiger partial charge in [0.05, 0.1) is 16.8 Å². The zero-order valence-corrected chi connectivity index (χ0v) is 11.4. The van der Waals surface area contributed by atoms with Crippen LogP contribution in [0.3, 0.4) is 0 Å². The summed E-state index contributed by atoms with van der Waals surface area (Å²) in [6, 6.07) is 14.8. The van der Waals surface area contributed by atoms with Crippen LogP contribution in [0.2, 0.25) is 0 Å². The summed E-state index contributed by atoms with van der Waals surface area (Å²) < 4.78 is 1.67. The molecule has 0 amide bonds. The number of fused-ring (bicyclic) bond motifs is 2. The fraction of sp³-hybridized carbons (Fsp3) is 0.0588. The van der Waals surface area contributed by atoms with Gasteiger partial charge < -0.3 is 9.67 Å². The van der Waals surface area contributed by atoms with E-state index in [-0.39, 0.29) is 11.7 Å². The summed E-state index contributed by atoms with van der Waals surface area (Å²) >= 11 is 0. The highest BCUT2D eigenvalue weighted by atomic mass is 16.3. The van der Waals surface area contributed by atoms with Gasteiger partial charge in [-0.2, -0.15) is 0 Å². The minimum Gasteiger partial charge on any atom is -0.494 e. The summed E-state index contributed by atoms with van der Waals surface area (Å²) in [6.07, 6.45) is 0. The van der Waals surface area contributed by atoms with Crippen molar-refractivity contribution in [1.29, 1.82) is 0 Å². The Morgan fingerprint density at radius 3 is 2.57 bits per heavy atom. The van der Waals surface area contributed by atoms with Crippen LogP contribution >= 0.6 is 0 Å². The van der Waals surface area contributed by atoms with Crippen molar-refractivity contribution in [3.05, 3.63) is 59.7 Å². The summed E-state index contributed by atoms with van der Waals surface area (Å²) in [5.41, 5.74) is 2.93. The first kappa shape index (κ1) is 11.9. The Morgan fingerprint density at radius 1 is 1.05 bits per heavy atom. The fourth-order valence-corrected chi connectivity index (χ4v) is 2.84.